The number of aromatic nitrogens is 2. The van der Waals surface area contributed by atoms with Crippen LogP contribution >= 0.6 is 0 Å². The first-order chi connectivity index (χ1) is 6.66. The number of terminal acetylenes is 1. The first-order valence-electron chi connectivity index (χ1n) is 3.83. The first-order valence-corrected chi connectivity index (χ1v) is 3.83. The van der Waals surface area contributed by atoms with Gasteiger partial charge in [-0.3, -0.25) is 0 Å². The van der Waals surface area contributed by atoms with Gasteiger partial charge in [-0.05, 0) is 4.92 Å². The molecule has 1 aromatic rings. The molecule has 0 aliphatic rings. The van der Waals surface area contributed by atoms with Crippen LogP contribution in [0.25, 0.3) is 0 Å². The molecule has 6 heteroatoms. The van der Waals surface area contributed by atoms with E-state index >= 15 is 0 Å². The Morgan fingerprint density at radius 2 is 2.57 bits per heavy atom. The Kier molecular flexibility index (Phi) is 3.20. The number of rotatable bonds is 4. The van der Waals surface area contributed by atoms with Crippen LogP contribution in [0.4, 0.5) is 5.82 Å². The molecule has 0 N–H and O–H groups in total. The van der Waals surface area contributed by atoms with Crippen LogP contribution in [0.5, 0.6) is 0 Å². The normalized spacial score (nSPS) is 9.71. The Morgan fingerprint density at radius 3 is 3.07 bits per heavy atom. The van der Waals surface area contributed by atoms with Crippen LogP contribution in [0.15, 0.2) is 6.20 Å². The Balaban J connectivity index is 2.71. The van der Waals surface area contributed by atoms with E-state index in [2.05, 4.69) is 10.9 Å². The molecule has 0 bridgehead atoms. The maximum absolute atomic E-state index is 10.4. The largest absolute Gasteiger partial charge is 0.359 e. The highest BCUT2D eigenvalue weighted by atomic mass is 16.6. The molecule has 1 heterocycles. The molecule has 0 unspecified atom stereocenters. The van der Waals surface area contributed by atoms with Crippen molar-refractivity contribution >= 4 is 5.82 Å². The molecule has 0 saturated heterocycles. The summed E-state index contributed by atoms with van der Waals surface area (Å²) < 4.78 is 6.36. The quantitative estimate of drug-likeness (QED) is 0.303. The van der Waals surface area contributed by atoms with Crippen molar-refractivity contribution in [1.82, 2.24) is 9.55 Å². The zero-order valence-corrected chi connectivity index (χ0v) is 7.64. The number of hydrogen-bond acceptors (Lipinski definition) is 4. The standard InChI is InChI=1S/C8H9N3O3/c1-3-4-14-6-7-9-5-8(10(7)2)11(12)13/h1,5H,4,6H2,2H3. The van der Waals surface area contributed by atoms with Gasteiger partial charge in [0.1, 0.15) is 19.4 Å². The van der Waals surface area contributed by atoms with Crippen LogP contribution in [-0.4, -0.2) is 21.1 Å². The molecule has 0 amide bonds. The fourth-order valence-electron chi connectivity index (χ4n) is 0.943. The molecule has 0 saturated carbocycles. The van der Waals surface area contributed by atoms with Crippen molar-refractivity contribution in [2.75, 3.05) is 6.61 Å². The van der Waals surface area contributed by atoms with E-state index in [1.165, 1.54) is 10.8 Å². The maximum Gasteiger partial charge on any atom is 0.342 e. The molecule has 14 heavy (non-hydrogen) atoms. The molecular weight excluding hydrogens is 186 g/mol. The summed E-state index contributed by atoms with van der Waals surface area (Å²) in [5.74, 6) is 2.71. The summed E-state index contributed by atoms with van der Waals surface area (Å²) in [6.45, 7) is 0.342. The summed E-state index contributed by atoms with van der Waals surface area (Å²) in [5, 5.41) is 10.4. The Bertz CT molecular complexity index is 378. The number of ether oxygens (including phenoxy) is 1. The van der Waals surface area contributed by atoms with Crippen molar-refractivity contribution < 1.29 is 9.66 Å². The van der Waals surface area contributed by atoms with E-state index in [1.807, 2.05) is 0 Å². The maximum atomic E-state index is 10.4. The summed E-state index contributed by atoms with van der Waals surface area (Å²) in [4.78, 5) is 13.8. The molecule has 74 valence electrons. The topological polar surface area (TPSA) is 70.2 Å². The van der Waals surface area contributed by atoms with Crippen LogP contribution in [-0.2, 0) is 18.4 Å². The molecule has 0 spiro atoms. The third-order valence-electron chi connectivity index (χ3n) is 1.66. The van der Waals surface area contributed by atoms with Gasteiger partial charge in [0.15, 0.2) is 0 Å². The zero-order valence-electron chi connectivity index (χ0n) is 7.64. The highest BCUT2D eigenvalue weighted by Gasteiger charge is 2.15. The van der Waals surface area contributed by atoms with Crippen molar-refractivity contribution in [3.63, 3.8) is 0 Å². The van der Waals surface area contributed by atoms with Crippen molar-refractivity contribution in [3.8, 4) is 12.3 Å². The Hall–Kier alpha value is -1.87. The van der Waals surface area contributed by atoms with Gasteiger partial charge >= 0.3 is 5.82 Å². The minimum absolute atomic E-state index is 0.0655. The van der Waals surface area contributed by atoms with E-state index in [0.717, 1.165) is 0 Å². The van der Waals surface area contributed by atoms with Crippen LogP contribution in [0.1, 0.15) is 5.82 Å². The van der Waals surface area contributed by atoms with Gasteiger partial charge in [0.25, 0.3) is 0 Å². The molecule has 0 aromatic carbocycles. The molecule has 1 aromatic heterocycles. The predicted molar refractivity (Wildman–Crippen MR) is 48.4 cm³/mol. The molecule has 0 fully saturated rings. The van der Waals surface area contributed by atoms with Gasteiger partial charge in [-0.25, -0.2) is 9.55 Å². The van der Waals surface area contributed by atoms with Gasteiger partial charge in [-0.1, -0.05) is 5.92 Å². The van der Waals surface area contributed by atoms with Crippen LogP contribution in [0, 0.1) is 22.5 Å². The second kappa shape index (κ2) is 4.39. The average molecular weight is 195 g/mol. The molecule has 1 rings (SSSR count). The molecule has 0 radical (unpaired) electrons. The van der Waals surface area contributed by atoms with Crippen molar-refractivity contribution in [1.29, 1.82) is 0 Å². The van der Waals surface area contributed by atoms with Gasteiger partial charge < -0.3 is 14.9 Å². The van der Waals surface area contributed by atoms with Crippen molar-refractivity contribution in [2.24, 2.45) is 7.05 Å². The highest BCUT2D eigenvalue weighted by Crippen LogP contribution is 2.11. The Labute approximate surface area is 80.7 Å². The van der Waals surface area contributed by atoms with Gasteiger partial charge in [0.2, 0.25) is 5.82 Å². The molecule has 0 aliphatic carbocycles. The lowest BCUT2D eigenvalue weighted by Crippen LogP contribution is -2.04. The van der Waals surface area contributed by atoms with E-state index in [-0.39, 0.29) is 19.0 Å². The SMILES string of the molecule is C#CCOCc1ncc([N+](=O)[O-])n1C. The molecule has 0 aliphatic heterocycles. The smallest absolute Gasteiger partial charge is 0.342 e. The summed E-state index contributed by atoms with van der Waals surface area (Å²) >= 11 is 0. The number of nitrogens with zero attached hydrogens (tertiary/aromatic N) is 3. The number of imidazole rings is 1. The summed E-state index contributed by atoms with van der Waals surface area (Å²) in [5.41, 5.74) is 0. The second-order valence-corrected chi connectivity index (χ2v) is 2.55. The second-order valence-electron chi connectivity index (χ2n) is 2.55. The molecular formula is C8H9N3O3. The minimum Gasteiger partial charge on any atom is -0.359 e. The van der Waals surface area contributed by atoms with E-state index < -0.39 is 4.92 Å². The van der Waals surface area contributed by atoms with Crippen LogP contribution in [0.2, 0.25) is 0 Å². The lowest BCUT2D eigenvalue weighted by molar-refractivity contribution is -0.391. The molecule has 6 nitrogen and oxygen atoms in total. The lowest BCUT2D eigenvalue weighted by atomic mass is 10.6. The number of nitro groups is 1. The number of hydrogen-bond donors (Lipinski definition) is 0. The summed E-state index contributed by atoms with van der Waals surface area (Å²) in [6.07, 6.45) is 6.16. The van der Waals surface area contributed by atoms with E-state index in [1.54, 1.807) is 7.05 Å². The van der Waals surface area contributed by atoms with E-state index in [9.17, 15) is 10.1 Å². The van der Waals surface area contributed by atoms with Gasteiger partial charge in [-0.15, -0.1) is 6.42 Å². The monoisotopic (exact) mass is 195 g/mol. The lowest BCUT2D eigenvalue weighted by Gasteiger charge is -1.98. The first kappa shape index (κ1) is 10.2. The Morgan fingerprint density at radius 1 is 1.86 bits per heavy atom. The van der Waals surface area contributed by atoms with E-state index in [0.29, 0.717) is 5.82 Å². The van der Waals surface area contributed by atoms with Crippen LogP contribution in [0.3, 0.4) is 0 Å². The van der Waals surface area contributed by atoms with Gasteiger partial charge in [-0.2, -0.15) is 0 Å². The zero-order chi connectivity index (χ0) is 10.6. The fraction of sp³-hybridized carbons (Fsp3) is 0.375. The van der Waals surface area contributed by atoms with Crippen LogP contribution < -0.4 is 0 Å². The summed E-state index contributed by atoms with van der Waals surface area (Å²) in [7, 11) is 1.56. The third-order valence-corrected chi connectivity index (χ3v) is 1.66. The average Bonchev–Trinajstić information content (AvgIpc) is 2.48. The van der Waals surface area contributed by atoms with Crippen molar-refractivity contribution in [2.45, 2.75) is 6.61 Å². The third kappa shape index (κ3) is 2.08. The van der Waals surface area contributed by atoms with E-state index in [4.69, 9.17) is 11.2 Å². The highest BCUT2D eigenvalue weighted by molar-refractivity contribution is 5.18. The minimum atomic E-state index is -0.502. The van der Waals surface area contributed by atoms with Gasteiger partial charge in [0.05, 0.1) is 7.05 Å². The molecule has 0 atom stereocenters. The fourth-order valence-corrected chi connectivity index (χ4v) is 0.943. The summed E-state index contributed by atoms with van der Waals surface area (Å²) in [6, 6.07) is 0. The predicted octanol–water partition coefficient (Wildman–Crippen LogP) is 0.478. The van der Waals surface area contributed by atoms with Gasteiger partial charge in [0, 0.05) is 0 Å². The van der Waals surface area contributed by atoms with Crippen molar-refractivity contribution in [3.05, 3.63) is 22.1 Å².